The third-order valence-electron chi connectivity index (χ3n) is 5.77. The number of methoxy groups -OCH3 is 1. The van der Waals surface area contributed by atoms with Crippen LogP contribution in [0.2, 0.25) is 0 Å². The van der Waals surface area contributed by atoms with E-state index in [0.29, 0.717) is 23.9 Å². The molecule has 0 atom stereocenters. The summed E-state index contributed by atoms with van der Waals surface area (Å²) in [4.78, 5) is 22.9. The van der Waals surface area contributed by atoms with Gasteiger partial charge in [-0.1, -0.05) is 12.1 Å². The Balaban J connectivity index is 1.34. The Labute approximate surface area is 182 Å². The maximum atomic E-state index is 12.0. The van der Waals surface area contributed by atoms with Crippen molar-refractivity contribution < 1.29 is 14.3 Å². The number of anilines is 1. The van der Waals surface area contributed by atoms with Gasteiger partial charge in [-0.3, -0.25) is 4.98 Å². The highest BCUT2D eigenvalue weighted by molar-refractivity contribution is 6.04. The van der Waals surface area contributed by atoms with E-state index < -0.39 is 5.97 Å². The molecule has 1 saturated heterocycles. The largest absolute Gasteiger partial charge is 0.477 e. The second-order valence-electron chi connectivity index (χ2n) is 8.03. The summed E-state index contributed by atoms with van der Waals surface area (Å²) >= 11 is 0. The zero-order chi connectivity index (χ0) is 21.6. The predicted molar refractivity (Wildman–Crippen MR) is 120 cm³/mol. The van der Waals surface area contributed by atoms with Gasteiger partial charge in [-0.2, -0.15) is 0 Å². The number of esters is 1. The van der Waals surface area contributed by atoms with Crippen molar-refractivity contribution >= 4 is 22.4 Å². The number of aromatic nitrogens is 2. The number of carbonyl (C=O) groups is 1. The van der Waals surface area contributed by atoms with E-state index in [0.717, 1.165) is 41.7 Å². The van der Waals surface area contributed by atoms with Gasteiger partial charge in [0.25, 0.3) is 0 Å². The number of hydrogen-bond acceptors (Lipinski definition) is 7. The van der Waals surface area contributed by atoms with Crippen LogP contribution in [0.15, 0.2) is 48.9 Å². The van der Waals surface area contributed by atoms with Crippen molar-refractivity contribution in [3.63, 3.8) is 0 Å². The molecule has 2 aromatic heterocycles. The quantitative estimate of drug-likeness (QED) is 0.583. The van der Waals surface area contributed by atoms with E-state index in [-0.39, 0.29) is 0 Å². The molecule has 0 saturated carbocycles. The fraction of sp³-hybridized carbons (Fsp3) is 0.375. The molecule has 0 amide bonds. The highest BCUT2D eigenvalue weighted by atomic mass is 16.5. The summed E-state index contributed by atoms with van der Waals surface area (Å²) in [5.74, 6) is 0.885. The third kappa shape index (κ3) is 5.30. The van der Waals surface area contributed by atoms with Gasteiger partial charge in [0, 0.05) is 47.7 Å². The highest BCUT2D eigenvalue weighted by Gasteiger charge is 2.17. The van der Waals surface area contributed by atoms with Gasteiger partial charge >= 0.3 is 5.97 Å². The molecule has 1 N–H and O–H groups in total. The van der Waals surface area contributed by atoms with E-state index in [1.807, 2.05) is 36.5 Å². The van der Waals surface area contributed by atoms with E-state index in [4.69, 9.17) is 9.47 Å². The number of likely N-dealkylation sites (tertiary alicyclic amines) is 1. The fourth-order valence-electron chi connectivity index (χ4n) is 3.78. The van der Waals surface area contributed by atoms with Crippen molar-refractivity contribution in [3.8, 4) is 5.88 Å². The van der Waals surface area contributed by atoms with E-state index in [1.165, 1.54) is 26.1 Å². The number of pyridine rings is 2. The normalized spacial score (nSPS) is 15.0. The standard InChI is InChI=1S/C24H28N4O3/c1-28-9-7-17(8-10-28)16-31-23-6-3-18(13-27-23)12-26-20-5-4-19-14-25-15-22(21(19)11-20)24(29)30-2/h3-6,11,13-15,17,26H,7-10,12,16H2,1-2H3. The minimum Gasteiger partial charge on any atom is -0.477 e. The van der Waals surface area contributed by atoms with Crippen LogP contribution in [0.3, 0.4) is 0 Å². The number of ether oxygens (including phenoxy) is 2. The molecule has 1 fully saturated rings. The number of nitrogens with one attached hydrogen (secondary N) is 1. The SMILES string of the molecule is COC(=O)c1cncc2ccc(NCc3ccc(OCC4CCN(C)CC4)nc3)cc12. The van der Waals surface area contributed by atoms with Gasteiger partial charge in [0.2, 0.25) is 5.88 Å². The first kappa shape index (κ1) is 21.1. The van der Waals surface area contributed by atoms with Crippen LogP contribution < -0.4 is 10.1 Å². The molecule has 1 aliphatic heterocycles. The Kier molecular flexibility index (Phi) is 6.62. The molecule has 0 radical (unpaired) electrons. The first-order valence-electron chi connectivity index (χ1n) is 10.6. The molecule has 4 rings (SSSR count). The van der Waals surface area contributed by atoms with Crippen LogP contribution in [0.25, 0.3) is 10.8 Å². The maximum Gasteiger partial charge on any atom is 0.340 e. The van der Waals surface area contributed by atoms with Crippen LogP contribution in [-0.4, -0.2) is 54.7 Å². The van der Waals surface area contributed by atoms with E-state index in [1.54, 1.807) is 6.20 Å². The molecule has 162 valence electrons. The first-order valence-corrected chi connectivity index (χ1v) is 10.6. The summed E-state index contributed by atoms with van der Waals surface area (Å²) < 4.78 is 10.8. The minimum atomic E-state index is -0.393. The van der Waals surface area contributed by atoms with E-state index >= 15 is 0 Å². The van der Waals surface area contributed by atoms with Crippen molar-refractivity contribution in [1.82, 2.24) is 14.9 Å². The lowest BCUT2D eigenvalue weighted by atomic mass is 9.98. The Morgan fingerprint density at radius 2 is 2.00 bits per heavy atom. The molecule has 7 heteroatoms. The average molecular weight is 421 g/mol. The van der Waals surface area contributed by atoms with Crippen molar-refractivity contribution in [3.05, 3.63) is 60.0 Å². The zero-order valence-electron chi connectivity index (χ0n) is 18.0. The Bertz CT molecular complexity index is 1030. The van der Waals surface area contributed by atoms with Gasteiger partial charge in [0.1, 0.15) is 0 Å². The van der Waals surface area contributed by atoms with Crippen LogP contribution in [-0.2, 0) is 11.3 Å². The van der Waals surface area contributed by atoms with Gasteiger partial charge in [0.15, 0.2) is 0 Å². The Morgan fingerprint density at radius 3 is 2.74 bits per heavy atom. The Hall–Kier alpha value is -3.19. The van der Waals surface area contributed by atoms with Crippen molar-refractivity contribution in [2.24, 2.45) is 5.92 Å². The topological polar surface area (TPSA) is 76.6 Å². The van der Waals surface area contributed by atoms with Crippen LogP contribution >= 0.6 is 0 Å². The average Bonchev–Trinajstić information content (AvgIpc) is 2.82. The molecule has 1 aliphatic rings. The van der Waals surface area contributed by atoms with Crippen molar-refractivity contribution in [2.75, 3.05) is 39.2 Å². The molecule has 0 spiro atoms. The number of piperidine rings is 1. The lowest BCUT2D eigenvalue weighted by molar-refractivity contribution is 0.0602. The summed E-state index contributed by atoms with van der Waals surface area (Å²) in [6, 6.07) is 9.80. The van der Waals surface area contributed by atoms with E-state index in [9.17, 15) is 4.79 Å². The number of benzene rings is 1. The van der Waals surface area contributed by atoms with Gasteiger partial charge in [-0.15, -0.1) is 0 Å². The molecule has 3 heterocycles. The number of fused-ring (bicyclic) bond motifs is 1. The molecule has 0 bridgehead atoms. The zero-order valence-corrected chi connectivity index (χ0v) is 18.0. The van der Waals surface area contributed by atoms with Crippen LogP contribution in [0, 0.1) is 5.92 Å². The molecule has 0 aliphatic carbocycles. The molecular weight excluding hydrogens is 392 g/mol. The lowest BCUT2D eigenvalue weighted by Gasteiger charge is -2.28. The van der Waals surface area contributed by atoms with Gasteiger partial charge < -0.3 is 19.7 Å². The minimum absolute atomic E-state index is 0.393. The number of rotatable bonds is 7. The van der Waals surface area contributed by atoms with Crippen molar-refractivity contribution in [2.45, 2.75) is 19.4 Å². The summed E-state index contributed by atoms with van der Waals surface area (Å²) in [7, 11) is 3.54. The monoisotopic (exact) mass is 420 g/mol. The van der Waals surface area contributed by atoms with Crippen molar-refractivity contribution in [1.29, 1.82) is 0 Å². The molecule has 0 unspecified atom stereocenters. The van der Waals surface area contributed by atoms with E-state index in [2.05, 4.69) is 27.2 Å². The van der Waals surface area contributed by atoms with Crippen LogP contribution in [0.1, 0.15) is 28.8 Å². The molecular formula is C24H28N4O3. The summed E-state index contributed by atoms with van der Waals surface area (Å²) in [5, 5.41) is 5.08. The number of nitrogens with zero attached hydrogens (tertiary/aromatic N) is 3. The summed E-state index contributed by atoms with van der Waals surface area (Å²) in [5.41, 5.74) is 2.41. The van der Waals surface area contributed by atoms with Gasteiger partial charge in [-0.05, 0) is 56.6 Å². The van der Waals surface area contributed by atoms with Gasteiger partial charge in [0.05, 0.1) is 19.3 Å². The molecule has 31 heavy (non-hydrogen) atoms. The second kappa shape index (κ2) is 9.75. The van der Waals surface area contributed by atoms with Crippen LogP contribution in [0.4, 0.5) is 5.69 Å². The lowest BCUT2D eigenvalue weighted by Crippen LogP contribution is -2.32. The highest BCUT2D eigenvalue weighted by Crippen LogP contribution is 2.23. The number of carbonyl (C=O) groups excluding carboxylic acids is 1. The number of hydrogen-bond donors (Lipinski definition) is 1. The fourth-order valence-corrected chi connectivity index (χ4v) is 3.78. The first-order chi connectivity index (χ1) is 15.1. The molecule has 3 aromatic rings. The molecule has 1 aromatic carbocycles. The third-order valence-corrected chi connectivity index (χ3v) is 5.77. The summed E-state index contributed by atoms with van der Waals surface area (Å²) in [6.45, 7) is 3.62. The van der Waals surface area contributed by atoms with Gasteiger partial charge in [-0.25, -0.2) is 9.78 Å². The summed E-state index contributed by atoms with van der Waals surface area (Å²) in [6.07, 6.45) is 7.46. The maximum absolute atomic E-state index is 12.0. The Morgan fingerprint density at radius 1 is 1.16 bits per heavy atom. The second-order valence-corrected chi connectivity index (χ2v) is 8.03. The predicted octanol–water partition coefficient (Wildman–Crippen LogP) is 3.75. The molecule has 7 nitrogen and oxygen atoms in total. The smallest absolute Gasteiger partial charge is 0.340 e. The van der Waals surface area contributed by atoms with Crippen LogP contribution in [0.5, 0.6) is 5.88 Å².